The van der Waals surface area contributed by atoms with Crippen LogP contribution in [0.25, 0.3) is 0 Å². The van der Waals surface area contributed by atoms with E-state index in [0.29, 0.717) is 6.54 Å². The standard InChI is InChI=1S/C23H39NO3/c1-3-5-6-7-18-8-10-19(11-9-18)20-12-14-21(15-13-20)23(26)27-17-16-24-22(25)4-2/h4,18-21H,2-3,5-17H2,1H3,(H,24,25). The van der Waals surface area contributed by atoms with Gasteiger partial charge in [0, 0.05) is 0 Å². The van der Waals surface area contributed by atoms with Gasteiger partial charge in [0.2, 0.25) is 5.91 Å². The van der Waals surface area contributed by atoms with E-state index >= 15 is 0 Å². The van der Waals surface area contributed by atoms with Crippen molar-refractivity contribution in [1.29, 1.82) is 0 Å². The first-order valence-corrected chi connectivity index (χ1v) is 11.2. The number of ether oxygens (including phenoxy) is 1. The summed E-state index contributed by atoms with van der Waals surface area (Å²) in [6.45, 7) is 6.28. The van der Waals surface area contributed by atoms with Crippen LogP contribution in [-0.4, -0.2) is 25.0 Å². The number of amides is 1. The molecule has 4 heteroatoms. The highest BCUT2D eigenvalue weighted by Gasteiger charge is 2.33. The number of rotatable bonds is 10. The van der Waals surface area contributed by atoms with Crippen LogP contribution in [0.5, 0.6) is 0 Å². The Hall–Kier alpha value is -1.32. The Morgan fingerprint density at radius 3 is 2.22 bits per heavy atom. The van der Waals surface area contributed by atoms with Gasteiger partial charge in [-0.1, -0.05) is 52.0 Å². The molecule has 2 saturated carbocycles. The molecule has 4 nitrogen and oxygen atoms in total. The van der Waals surface area contributed by atoms with Gasteiger partial charge in [0.25, 0.3) is 0 Å². The van der Waals surface area contributed by atoms with E-state index in [0.717, 1.165) is 30.6 Å². The summed E-state index contributed by atoms with van der Waals surface area (Å²) in [4.78, 5) is 23.3. The molecule has 2 aliphatic rings. The first-order valence-electron chi connectivity index (χ1n) is 11.2. The van der Waals surface area contributed by atoms with Gasteiger partial charge in [0.15, 0.2) is 0 Å². The zero-order chi connectivity index (χ0) is 19.5. The quantitative estimate of drug-likeness (QED) is 0.330. The number of esters is 1. The summed E-state index contributed by atoms with van der Waals surface area (Å²) >= 11 is 0. The Kier molecular flexibility index (Phi) is 9.93. The zero-order valence-electron chi connectivity index (χ0n) is 17.2. The summed E-state index contributed by atoms with van der Waals surface area (Å²) in [6, 6.07) is 0. The lowest BCUT2D eigenvalue weighted by molar-refractivity contribution is -0.150. The predicted molar refractivity (Wildman–Crippen MR) is 109 cm³/mol. The van der Waals surface area contributed by atoms with E-state index in [1.54, 1.807) is 0 Å². The second-order valence-electron chi connectivity index (χ2n) is 8.55. The van der Waals surface area contributed by atoms with Crippen molar-refractivity contribution in [2.75, 3.05) is 13.2 Å². The number of hydrogen-bond acceptors (Lipinski definition) is 3. The molecule has 0 aromatic rings. The molecule has 27 heavy (non-hydrogen) atoms. The van der Waals surface area contributed by atoms with Crippen LogP contribution < -0.4 is 5.32 Å². The minimum Gasteiger partial charge on any atom is -0.464 e. The Morgan fingerprint density at radius 2 is 1.63 bits per heavy atom. The van der Waals surface area contributed by atoms with Gasteiger partial charge in [-0.2, -0.15) is 0 Å². The molecule has 0 radical (unpaired) electrons. The molecule has 2 fully saturated rings. The third kappa shape index (κ3) is 7.67. The van der Waals surface area contributed by atoms with E-state index in [2.05, 4.69) is 18.8 Å². The number of unbranched alkanes of at least 4 members (excludes halogenated alkanes) is 2. The molecule has 2 aliphatic carbocycles. The smallest absolute Gasteiger partial charge is 0.308 e. The molecule has 0 saturated heterocycles. The van der Waals surface area contributed by atoms with E-state index in [9.17, 15) is 9.59 Å². The first kappa shape index (κ1) is 22.0. The van der Waals surface area contributed by atoms with E-state index in [4.69, 9.17) is 4.74 Å². The van der Waals surface area contributed by atoms with Crippen LogP contribution in [0.4, 0.5) is 0 Å². The number of carbonyl (C=O) groups excluding carboxylic acids is 2. The summed E-state index contributed by atoms with van der Waals surface area (Å²) in [5.41, 5.74) is 0. The second-order valence-corrected chi connectivity index (χ2v) is 8.55. The average molecular weight is 378 g/mol. The second kappa shape index (κ2) is 12.2. The van der Waals surface area contributed by atoms with Crippen molar-refractivity contribution in [3.8, 4) is 0 Å². The SMILES string of the molecule is C=CC(=O)NCCOC(=O)C1CCC(C2CCC(CCCCC)CC2)CC1. The van der Waals surface area contributed by atoms with Gasteiger partial charge in [-0.15, -0.1) is 0 Å². The molecule has 1 N–H and O–H groups in total. The van der Waals surface area contributed by atoms with Crippen molar-refractivity contribution in [1.82, 2.24) is 5.32 Å². The van der Waals surface area contributed by atoms with E-state index in [-0.39, 0.29) is 24.4 Å². The minimum atomic E-state index is -0.230. The maximum atomic E-state index is 12.2. The molecule has 0 aromatic carbocycles. The van der Waals surface area contributed by atoms with Crippen molar-refractivity contribution in [3.05, 3.63) is 12.7 Å². The topological polar surface area (TPSA) is 55.4 Å². The van der Waals surface area contributed by atoms with Gasteiger partial charge < -0.3 is 10.1 Å². The van der Waals surface area contributed by atoms with Gasteiger partial charge in [0.05, 0.1) is 12.5 Å². The molecule has 0 spiro atoms. The summed E-state index contributed by atoms with van der Waals surface area (Å²) in [5, 5.41) is 2.63. The molecule has 0 heterocycles. The monoisotopic (exact) mass is 377 g/mol. The van der Waals surface area contributed by atoms with Crippen LogP contribution in [0.1, 0.15) is 84.0 Å². The minimum absolute atomic E-state index is 0.0572. The molecule has 2 rings (SSSR count). The van der Waals surface area contributed by atoms with Crippen molar-refractivity contribution in [3.63, 3.8) is 0 Å². The van der Waals surface area contributed by atoms with Gasteiger partial charge >= 0.3 is 5.97 Å². The fourth-order valence-corrected chi connectivity index (χ4v) is 4.97. The maximum Gasteiger partial charge on any atom is 0.308 e. The largest absolute Gasteiger partial charge is 0.464 e. The zero-order valence-corrected chi connectivity index (χ0v) is 17.2. The van der Waals surface area contributed by atoms with Crippen LogP contribution in [0, 0.1) is 23.7 Å². The van der Waals surface area contributed by atoms with Crippen LogP contribution in [-0.2, 0) is 14.3 Å². The summed E-state index contributed by atoms with van der Waals surface area (Å²) in [7, 11) is 0. The molecule has 154 valence electrons. The highest BCUT2D eigenvalue weighted by molar-refractivity contribution is 5.86. The third-order valence-electron chi connectivity index (χ3n) is 6.71. The molecule has 0 aromatic heterocycles. The first-order chi connectivity index (χ1) is 13.1. The molecule has 0 atom stereocenters. The fraction of sp³-hybridized carbons (Fsp3) is 0.826. The average Bonchev–Trinajstić information content (AvgIpc) is 2.71. The molecule has 1 amide bonds. The molecular formula is C23H39NO3. The van der Waals surface area contributed by atoms with Crippen LogP contribution in [0.15, 0.2) is 12.7 Å². The Balaban J connectivity index is 1.59. The van der Waals surface area contributed by atoms with Crippen LogP contribution in [0.3, 0.4) is 0 Å². The lowest BCUT2D eigenvalue weighted by atomic mass is 9.68. The third-order valence-corrected chi connectivity index (χ3v) is 6.71. The highest BCUT2D eigenvalue weighted by Crippen LogP contribution is 2.42. The van der Waals surface area contributed by atoms with E-state index in [1.165, 1.54) is 70.3 Å². The summed E-state index contributed by atoms with van der Waals surface area (Å²) in [6.07, 6.45) is 16.7. The Labute approximate surface area is 165 Å². The highest BCUT2D eigenvalue weighted by atomic mass is 16.5. The predicted octanol–water partition coefficient (Wildman–Crippen LogP) is 5.02. The Bertz CT molecular complexity index is 460. The maximum absolute atomic E-state index is 12.2. The molecular weight excluding hydrogens is 338 g/mol. The van der Waals surface area contributed by atoms with Gasteiger partial charge in [-0.25, -0.2) is 0 Å². The number of carbonyl (C=O) groups is 2. The lowest BCUT2D eigenvalue weighted by Gasteiger charge is -2.37. The fourth-order valence-electron chi connectivity index (χ4n) is 4.97. The number of nitrogens with one attached hydrogen (secondary N) is 1. The van der Waals surface area contributed by atoms with Gasteiger partial charge in [-0.3, -0.25) is 9.59 Å². The van der Waals surface area contributed by atoms with Crippen LogP contribution >= 0.6 is 0 Å². The summed E-state index contributed by atoms with van der Waals surface area (Å²) in [5.74, 6) is 2.42. The molecule has 0 bridgehead atoms. The van der Waals surface area contributed by atoms with Crippen LogP contribution in [0.2, 0.25) is 0 Å². The Morgan fingerprint density at radius 1 is 1.00 bits per heavy atom. The van der Waals surface area contributed by atoms with Crippen molar-refractivity contribution >= 4 is 11.9 Å². The molecule has 0 aliphatic heterocycles. The summed E-state index contributed by atoms with van der Waals surface area (Å²) < 4.78 is 5.33. The van der Waals surface area contributed by atoms with E-state index in [1.807, 2.05) is 0 Å². The lowest BCUT2D eigenvalue weighted by Crippen LogP contribution is -2.31. The normalized spacial score (nSPS) is 28.3. The van der Waals surface area contributed by atoms with Crippen molar-refractivity contribution < 1.29 is 14.3 Å². The van der Waals surface area contributed by atoms with Crippen molar-refractivity contribution in [2.24, 2.45) is 23.7 Å². The van der Waals surface area contributed by atoms with Gasteiger partial charge in [0.1, 0.15) is 6.61 Å². The van der Waals surface area contributed by atoms with Gasteiger partial charge in [-0.05, 0) is 62.4 Å². The van der Waals surface area contributed by atoms with Crippen molar-refractivity contribution in [2.45, 2.75) is 84.0 Å². The number of hydrogen-bond donors (Lipinski definition) is 1. The van der Waals surface area contributed by atoms with E-state index < -0.39 is 0 Å². The molecule has 0 unspecified atom stereocenters.